The number of alkyl halides is 6. The van der Waals surface area contributed by atoms with Gasteiger partial charge in [-0.1, -0.05) is 35.4 Å². The first-order chi connectivity index (χ1) is 15.8. The van der Waals surface area contributed by atoms with Crippen molar-refractivity contribution in [3.8, 4) is 5.69 Å². The molecule has 0 atom stereocenters. The number of H-pyrrole nitrogens is 1. The second-order valence-electron chi connectivity index (χ2n) is 7.53. The van der Waals surface area contributed by atoms with Crippen LogP contribution < -0.4 is 21.6 Å². The third-order valence-corrected chi connectivity index (χ3v) is 5.53. The molecule has 0 amide bonds. The van der Waals surface area contributed by atoms with E-state index in [0.29, 0.717) is 4.57 Å². The van der Waals surface area contributed by atoms with Crippen molar-refractivity contribution in [2.24, 2.45) is 0 Å². The average Bonchev–Trinajstić information content (AvgIpc) is 2.72. The Morgan fingerprint density at radius 1 is 0.971 bits per heavy atom. The highest BCUT2D eigenvalue weighted by molar-refractivity contribution is 6.31. The van der Waals surface area contributed by atoms with Gasteiger partial charge < -0.3 is 0 Å². The van der Waals surface area contributed by atoms with Crippen LogP contribution in [0.5, 0.6) is 0 Å². The molecule has 1 aliphatic rings. The summed E-state index contributed by atoms with van der Waals surface area (Å²) in [7, 11) is 0. The summed E-state index contributed by atoms with van der Waals surface area (Å²) in [5.41, 5.74) is -9.19. The summed E-state index contributed by atoms with van der Waals surface area (Å²) in [5, 5.41) is 2.43. The quantitative estimate of drug-likeness (QED) is 0.471. The maximum absolute atomic E-state index is 14.3. The van der Waals surface area contributed by atoms with E-state index in [9.17, 15) is 35.9 Å². The summed E-state index contributed by atoms with van der Waals surface area (Å²) in [5.74, 6) is -1.74. The number of halogens is 7. The van der Waals surface area contributed by atoms with Crippen LogP contribution in [0.1, 0.15) is 16.7 Å². The molecule has 0 saturated carbocycles. The van der Waals surface area contributed by atoms with Crippen LogP contribution in [-0.4, -0.2) is 27.7 Å². The van der Waals surface area contributed by atoms with Gasteiger partial charge in [0.2, 0.25) is 5.82 Å². The van der Waals surface area contributed by atoms with Gasteiger partial charge in [0.1, 0.15) is 5.56 Å². The number of amidine groups is 1. The lowest BCUT2D eigenvalue weighted by Crippen LogP contribution is -2.97. The molecule has 3 N–H and O–H groups in total. The summed E-state index contributed by atoms with van der Waals surface area (Å²) < 4.78 is 86.5. The number of benzene rings is 2. The Balaban J connectivity index is 2.18. The predicted molar refractivity (Wildman–Crippen MR) is 111 cm³/mol. The predicted octanol–water partition coefficient (Wildman–Crippen LogP) is 2.76. The average molecular weight is 504 g/mol. The molecule has 6 nitrogen and oxygen atoms in total. The fourth-order valence-electron chi connectivity index (χ4n) is 3.72. The smallest absolute Gasteiger partial charge is 0.273 e. The van der Waals surface area contributed by atoms with Gasteiger partial charge in [-0.05, 0) is 37.3 Å². The molecule has 34 heavy (non-hydrogen) atoms. The Hall–Kier alpha value is -3.54. The molecular weight excluding hydrogens is 490 g/mol. The number of hydrogen-bond donors (Lipinski definition) is 3. The van der Waals surface area contributed by atoms with Crippen LogP contribution in [0.2, 0.25) is 5.02 Å². The van der Waals surface area contributed by atoms with Crippen LogP contribution in [0.3, 0.4) is 0 Å². The Kier molecular flexibility index (Phi) is 5.39. The number of nitrogens with one attached hydrogen (secondary N) is 3. The van der Waals surface area contributed by atoms with E-state index in [1.807, 2.05) is 0 Å². The number of fused-ring (bicyclic) bond motifs is 1. The Morgan fingerprint density at radius 3 is 2.15 bits per heavy atom. The van der Waals surface area contributed by atoms with Crippen molar-refractivity contribution in [2.75, 3.05) is 5.32 Å². The second kappa shape index (κ2) is 7.76. The first-order valence-corrected chi connectivity index (χ1v) is 9.92. The second-order valence-corrected chi connectivity index (χ2v) is 7.97. The zero-order chi connectivity index (χ0) is 25.1. The van der Waals surface area contributed by atoms with Gasteiger partial charge in [-0.25, -0.2) is 19.7 Å². The molecule has 1 aliphatic heterocycles. The fourth-order valence-corrected chi connectivity index (χ4v) is 3.91. The Bertz CT molecular complexity index is 1410. The lowest BCUT2D eigenvalue weighted by atomic mass is 9.87. The van der Waals surface area contributed by atoms with E-state index >= 15 is 0 Å². The topological polar surface area (TPSA) is 80.9 Å². The maximum Gasteiger partial charge on any atom is 0.446 e. The fraction of sp³-hybridized carbons (Fsp3) is 0.190. The number of aryl methyl sites for hydroxylation is 1. The lowest BCUT2D eigenvalue weighted by molar-refractivity contribution is -0.658. The van der Waals surface area contributed by atoms with Crippen LogP contribution in [0.25, 0.3) is 5.69 Å². The van der Waals surface area contributed by atoms with Crippen molar-refractivity contribution in [3.63, 3.8) is 0 Å². The van der Waals surface area contributed by atoms with Crippen molar-refractivity contribution in [3.05, 3.63) is 91.1 Å². The van der Waals surface area contributed by atoms with E-state index in [1.54, 1.807) is 11.9 Å². The van der Waals surface area contributed by atoms with Gasteiger partial charge in [0.05, 0.1) is 11.3 Å². The van der Waals surface area contributed by atoms with Gasteiger partial charge in [0.15, 0.2) is 0 Å². The van der Waals surface area contributed by atoms with Crippen molar-refractivity contribution in [2.45, 2.75) is 24.8 Å². The lowest BCUT2D eigenvalue weighted by Gasteiger charge is -2.35. The highest BCUT2D eigenvalue weighted by Crippen LogP contribution is 2.48. The maximum atomic E-state index is 14.3. The molecule has 2 heterocycles. The minimum atomic E-state index is -6.05. The summed E-state index contributed by atoms with van der Waals surface area (Å²) >= 11 is 5.88. The molecule has 2 aromatic carbocycles. The molecular formula is C21H14ClF6N4O2+. The molecule has 1 aromatic heterocycles. The van der Waals surface area contributed by atoms with Crippen molar-refractivity contribution in [1.29, 1.82) is 0 Å². The Labute approximate surface area is 191 Å². The number of nitrogens with zero attached hydrogens (tertiary/aromatic N) is 1. The van der Waals surface area contributed by atoms with Crippen LogP contribution >= 0.6 is 11.6 Å². The number of anilines is 1. The van der Waals surface area contributed by atoms with E-state index in [0.717, 1.165) is 11.6 Å². The van der Waals surface area contributed by atoms with E-state index in [4.69, 9.17) is 11.6 Å². The highest BCUT2D eigenvalue weighted by Gasteiger charge is 2.78. The summed E-state index contributed by atoms with van der Waals surface area (Å²) in [6, 6.07) is 10.7. The summed E-state index contributed by atoms with van der Waals surface area (Å²) in [6.07, 6.45) is -12.1. The van der Waals surface area contributed by atoms with Gasteiger partial charge in [-0.15, -0.1) is 0 Å². The number of aromatic nitrogens is 2. The van der Waals surface area contributed by atoms with Crippen LogP contribution in [0.15, 0.2) is 58.1 Å². The van der Waals surface area contributed by atoms with E-state index < -0.39 is 46.4 Å². The molecule has 0 bridgehead atoms. The largest absolute Gasteiger partial charge is 0.446 e. The molecule has 178 valence electrons. The van der Waals surface area contributed by atoms with Gasteiger partial charge in [0.25, 0.3) is 11.4 Å². The third-order valence-electron chi connectivity index (χ3n) is 5.30. The normalized spacial score (nSPS) is 15.4. The first kappa shape index (κ1) is 23.6. The van der Waals surface area contributed by atoms with Crippen molar-refractivity contribution < 1.29 is 31.3 Å². The van der Waals surface area contributed by atoms with E-state index in [2.05, 4.69) is 5.32 Å². The van der Waals surface area contributed by atoms with Gasteiger partial charge in [-0.3, -0.25) is 9.78 Å². The van der Waals surface area contributed by atoms with Gasteiger partial charge in [0, 0.05) is 5.02 Å². The number of rotatable bonds is 2. The molecule has 4 rings (SSSR count). The monoisotopic (exact) mass is 503 g/mol. The van der Waals surface area contributed by atoms with Gasteiger partial charge >= 0.3 is 23.6 Å². The molecule has 0 spiro atoms. The van der Waals surface area contributed by atoms with Crippen molar-refractivity contribution in [1.82, 2.24) is 9.55 Å². The number of aromatic amines is 1. The van der Waals surface area contributed by atoms with Crippen molar-refractivity contribution >= 4 is 23.3 Å². The Morgan fingerprint density at radius 2 is 1.59 bits per heavy atom. The standard InChI is InChI=1S/C21H13ClF6N4O2/c1-10-5-7-13(8-6-10)32-16-14(17(33)30-18(32)34)19(20(23,24)25,21(26,27)28)31-15(29-16)11-3-2-4-12(22)9-11/h2-9H,1H3,(H,29,31)(H,30,33,34)/p+1. The first-order valence-electron chi connectivity index (χ1n) is 9.54. The molecule has 0 saturated heterocycles. The molecule has 0 unspecified atom stereocenters. The third kappa shape index (κ3) is 3.58. The molecule has 13 heteroatoms. The van der Waals surface area contributed by atoms with Gasteiger partial charge in [-0.2, -0.15) is 26.3 Å². The SMILES string of the molecule is Cc1ccc(-n2c3c(c(=O)[nH]c2=O)C(C(F)(F)F)(C(F)(F)F)[NH+]=C(c2cccc(Cl)c2)N3)cc1. The molecule has 0 fully saturated rings. The molecule has 0 radical (unpaired) electrons. The molecule has 0 aliphatic carbocycles. The summed E-state index contributed by atoms with van der Waals surface area (Å²) in [4.78, 5) is 28.2. The van der Waals surface area contributed by atoms with Crippen LogP contribution in [0, 0.1) is 6.92 Å². The zero-order valence-electron chi connectivity index (χ0n) is 17.0. The van der Waals surface area contributed by atoms with Crippen LogP contribution in [-0.2, 0) is 5.54 Å². The number of hydrogen-bond acceptors (Lipinski definition) is 3. The highest BCUT2D eigenvalue weighted by atomic mass is 35.5. The minimum Gasteiger partial charge on any atom is -0.273 e. The van der Waals surface area contributed by atoms with Crippen LogP contribution in [0.4, 0.5) is 32.2 Å². The zero-order valence-corrected chi connectivity index (χ0v) is 17.8. The minimum absolute atomic E-state index is 0.0332. The molecule has 3 aromatic rings. The van der Waals surface area contributed by atoms with E-state index in [-0.39, 0.29) is 16.3 Å². The van der Waals surface area contributed by atoms with E-state index in [1.165, 1.54) is 47.5 Å². The summed E-state index contributed by atoms with van der Waals surface area (Å²) in [6.45, 7) is 1.69.